The Morgan fingerprint density at radius 3 is 2.49 bits per heavy atom. The van der Waals surface area contributed by atoms with Gasteiger partial charge in [0, 0.05) is 5.56 Å². The smallest absolute Gasteiger partial charge is 0.335 e. The van der Waals surface area contributed by atoms with Crippen molar-refractivity contribution in [2.45, 2.75) is 13.2 Å². The summed E-state index contributed by atoms with van der Waals surface area (Å²) in [5, 5.41) is 8.52. The second kappa shape index (κ2) is 10.4. The van der Waals surface area contributed by atoms with Crippen molar-refractivity contribution in [1.82, 2.24) is 4.90 Å². The summed E-state index contributed by atoms with van der Waals surface area (Å²) in [6.07, 6.45) is 1.57. The van der Waals surface area contributed by atoms with Crippen LogP contribution in [-0.4, -0.2) is 34.2 Å². The lowest BCUT2D eigenvalue weighted by atomic mass is 10.1. The summed E-state index contributed by atoms with van der Waals surface area (Å²) in [5.41, 5.74) is 1.85. The Balaban J connectivity index is 1.47. The maximum absolute atomic E-state index is 14.0. The summed E-state index contributed by atoms with van der Waals surface area (Å²) in [6, 6.07) is 17.4. The number of hydrogen-bond donors (Lipinski definition) is 1. The number of aromatic carboxylic acids is 1. The van der Waals surface area contributed by atoms with E-state index in [1.165, 1.54) is 31.4 Å². The van der Waals surface area contributed by atoms with Crippen molar-refractivity contribution >= 4 is 35.0 Å². The number of carbonyl (C=O) groups excluding carboxylic acids is 2. The van der Waals surface area contributed by atoms with E-state index >= 15 is 0 Å². The molecule has 0 radical (unpaired) electrons. The zero-order chi connectivity index (χ0) is 24.9. The molecule has 1 N–H and O–H groups in total. The van der Waals surface area contributed by atoms with E-state index in [1.807, 2.05) is 0 Å². The second-order valence-electron chi connectivity index (χ2n) is 7.56. The molecular formula is C26H20FNO6S. The Bertz CT molecular complexity index is 1320. The molecule has 1 saturated heterocycles. The molecule has 0 aromatic heterocycles. The number of methoxy groups -OCH3 is 1. The van der Waals surface area contributed by atoms with Crippen molar-refractivity contribution in [3.05, 3.63) is 99.7 Å². The molecule has 35 heavy (non-hydrogen) atoms. The fourth-order valence-electron chi connectivity index (χ4n) is 3.38. The fourth-order valence-corrected chi connectivity index (χ4v) is 4.22. The first-order valence-electron chi connectivity index (χ1n) is 10.5. The minimum absolute atomic E-state index is 0.141. The van der Waals surface area contributed by atoms with Crippen LogP contribution in [0.25, 0.3) is 6.08 Å². The van der Waals surface area contributed by atoms with Crippen LogP contribution in [0.4, 0.5) is 9.18 Å². The zero-order valence-corrected chi connectivity index (χ0v) is 19.4. The number of benzene rings is 3. The molecule has 2 amide bonds. The predicted octanol–water partition coefficient (Wildman–Crippen LogP) is 5.35. The topological polar surface area (TPSA) is 93.1 Å². The molecule has 0 spiro atoms. The number of carbonyl (C=O) groups is 3. The Labute approximate surface area is 204 Å². The van der Waals surface area contributed by atoms with Gasteiger partial charge in [-0.3, -0.25) is 14.5 Å². The molecule has 1 aliphatic heterocycles. The SMILES string of the molecule is COc1cc(/C=C2\SC(=O)N(Cc3ccccc3F)C2=O)ccc1OCc1ccc(C(=O)O)cc1. The third-order valence-corrected chi connectivity index (χ3v) is 6.15. The number of rotatable bonds is 8. The third kappa shape index (κ3) is 5.52. The molecule has 4 rings (SSSR count). The van der Waals surface area contributed by atoms with Crippen LogP contribution in [0.15, 0.2) is 71.6 Å². The largest absolute Gasteiger partial charge is 0.493 e. The Morgan fingerprint density at radius 2 is 1.80 bits per heavy atom. The molecule has 3 aromatic rings. The first-order chi connectivity index (χ1) is 16.9. The summed E-state index contributed by atoms with van der Waals surface area (Å²) in [6.45, 7) is 0.0583. The van der Waals surface area contributed by atoms with Crippen molar-refractivity contribution in [2.24, 2.45) is 0 Å². The number of amides is 2. The summed E-state index contributed by atoms with van der Waals surface area (Å²) in [4.78, 5) is 37.4. The monoisotopic (exact) mass is 493 g/mol. The number of imide groups is 1. The maximum atomic E-state index is 14.0. The average molecular weight is 494 g/mol. The standard InChI is InChI=1S/C26H20FNO6S/c1-33-22-12-17(8-11-21(22)34-15-16-6-9-18(10-7-16)25(30)31)13-23-24(29)28(26(32)35-23)14-19-4-2-3-5-20(19)27/h2-13H,14-15H2,1H3,(H,30,31)/b23-13-. The molecule has 178 valence electrons. The van der Waals surface area contributed by atoms with Crippen molar-refractivity contribution in [3.8, 4) is 11.5 Å². The molecule has 0 unspecified atom stereocenters. The zero-order valence-electron chi connectivity index (χ0n) is 18.6. The maximum Gasteiger partial charge on any atom is 0.335 e. The predicted molar refractivity (Wildman–Crippen MR) is 129 cm³/mol. The van der Waals surface area contributed by atoms with E-state index in [2.05, 4.69) is 0 Å². The van der Waals surface area contributed by atoms with Crippen LogP contribution >= 0.6 is 11.8 Å². The number of nitrogens with zero attached hydrogens (tertiary/aromatic N) is 1. The lowest BCUT2D eigenvalue weighted by Crippen LogP contribution is -2.27. The summed E-state index contributed by atoms with van der Waals surface area (Å²) in [7, 11) is 1.48. The first kappa shape index (κ1) is 24.0. The molecule has 1 fully saturated rings. The van der Waals surface area contributed by atoms with E-state index < -0.39 is 22.9 Å². The van der Waals surface area contributed by atoms with Gasteiger partial charge in [-0.1, -0.05) is 36.4 Å². The molecule has 7 nitrogen and oxygen atoms in total. The van der Waals surface area contributed by atoms with Gasteiger partial charge in [-0.2, -0.15) is 0 Å². The highest BCUT2D eigenvalue weighted by Crippen LogP contribution is 2.35. The molecule has 0 saturated carbocycles. The van der Waals surface area contributed by atoms with Gasteiger partial charge in [0.25, 0.3) is 11.1 Å². The van der Waals surface area contributed by atoms with Gasteiger partial charge in [-0.05, 0) is 59.3 Å². The van der Waals surface area contributed by atoms with Gasteiger partial charge < -0.3 is 14.6 Å². The lowest BCUT2D eigenvalue weighted by Gasteiger charge is -2.13. The number of hydrogen-bond acceptors (Lipinski definition) is 6. The number of thioether (sulfide) groups is 1. The summed E-state index contributed by atoms with van der Waals surface area (Å²) in [5.74, 6) is -1.09. The third-order valence-electron chi connectivity index (χ3n) is 5.24. The summed E-state index contributed by atoms with van der Waals surface area (Å²) < 4.78 is 25.2. The normalized spacial score (nSPS) is 14.5. The van der Waals surface area contributed by atoms with Crippen LogP contribution in [0.5, 0.6) is 11.5 Å². The lowest BCUT2D eigenvalue weighted by molar-refractivity contribution is -0.123. The van der Waals surface area contributed by atoms with E-state index in [1.54, 1.807) is 48.5 Å². The van der Waals surface area contributed by atoms with E-state index in [-0.39, 0.29) is 29.2 Å². The van der Waals surface area contributed by atoms with E-state index in [0.717, 1.165) is 22.2 Å². The van der Waals surface area contributed by atoms with Gasteiger partial charge in [-0.15, -0.1) is 0 Å². The minimum Gasteiger partial charge on any atom is -0.493 e. The number of carboxylic acid groups (broad SMARTS) is 1. The van der Waals surface area contributed by atoms with Crippen molar-refractivity contribution in [1.29, 1.82) is 0 Å². The van der Waals surface area contributed by atoms with Crippen LogP contribution in [0.1, 0.15) is 27.0 Å². The Hall–Kier alpha value is -4.11. The fraction of sp³-hybridized carbons (Fsp3) is 0.115. The van der Waals surface area contributed by atoms with Gasteiger partial charge in [0.2, 0.25) is 0 Å². The van der Waals surface area contributed by atoms with Gasteiger partial charge in [0.1, 0.15) is 12.4 Å². The van der Waals surface area contributed by atoms with Crippen LogP contribution in [0.2, 0.25) is 0 Å². The quantitative estimate of drug-likeness (QED) is 0.423. The van der Waals surface area contributed by atoms with E-state index in [9.17, 15) is 18.8 Å². The van der Waals surface area contributed by atoms with Crippen LogP contribution in [0, 0.1) is 5.82 Å². The highest BCUT2D eigenvalue weighted by Gasteiger charge is 2.35. The molecule has 1 heterocycles. The van der Waals surface area contributed by atoms with Crippen molar-refractivity contribution in [3.63, 3.8) is 0 Å². The number of carboxylic acids is 1. The Morgan fingerprint density at radius 1 is 1.06 bits per heavy atom. The molecule has 9 heteroatoms. The molecular weight excluding hydrogens is 473 g/mol. The second-order valence-corrected chi connectivity index (χ2v) is 8.55. The molecule has 3 aromatic carbocycles. The van der Waals surface area contributed by atoms with Gasteiger partial charge in [-0.25, -0.2) is 9.18 Å². The van der Waals surface area contributed by atoms with Crippen LogP contribution in [0.3, 0.4) is 0 Å². The molecule has 0 atom stereocenters. The van der Waals surface area contributed by atoms with Crippen molar-refractivity contribution in [2.75, 3.05) is 7.11 Å². The van der Waals surface area contributed by atoms with E-state index in [4.69, 9.17) is 14.6 Å². The van der Waals surface area contributed by atoms with E-state index in [0.29, 0.717) is 17.1 Å². The number of ether oxygens (including phenoxy) is 2. The summed E-state index contributed by atoms with van der Waals surface area (Å²) >= 11 is 0.792. The van der Waals surface area contributed by atoms with Crippen molar-refractivity contribution < 1.29 is 33.4 Å². The van der Waals surface area contributed by atoms with Gasteiger partial charge in [0.15, 0.2) is 11.5 Å². The number of halogens is 1. The highest BCUT2D eigenvalue weighted by atomic mass is 32.2. The van der Waals surface area contributed by atoms with Crippen LogP contribution in [-0.2, 0) is 17.9 Å². The van der Waals surface area contributed by atoms with Gasteiger partial charge in [0.05, 0.1) is 24.1 Å². The molecule has 1 aliphatic rings. The van der Waals surface area contributed by atoms with Gasteiger partial charge >= 0.3 is 5.97 Å². The first-order valence-corrected chi connectivity index (χ1v) is 11.3. The minimum atomic E-state index is -1.00. The molecule has 0 bridgehead atoms. The highest BCUT2D eigenvalue weighted by molar-refractivity contribution is 8.18. The Kier molecular flexibility index (Phi) is 7.17. The molecule has 0 aliphatic carbocycles. The van der Waals surface area contributed by atoms with Crippen LogP contribution < -0.4 is 9.47 Å². The average Bonchev–Trinajstić information content (AvgIpc) is 3.11.